The Hall–Kier alpha value is -1.55. The Labute approximate surface area is 148 Å². The minimum atomic E-state index is 0.328. The van der Waals surface area contributed by atoms with E-state index < -0.39 is 0 Å². The first-order valence-electron chi connectivity index (χ1n) is 8.59. The van der Waals surface area contributed by atoms with Crippen LogP contribution in [0.2, 0.25) is 5.02 Å². The fourth-order valence-electron chi connectivity index (χ4n) is 3.81. The molecule has 126 valence electrons. The molecule has 1 atom stereocenters. The predicted molar refractivity (Wildman–Crippen MR) is 95.3 cm³/mol. The Morgan fingerprint density at radius 2 is 2.04 bits per heavy atom. The van der Waals surface area contributed by atoms with Crippen molar-refractivity contribution in [2.75, 3.05) is 13.3 Å². The van der Waals surface area contributed by atoms with Crippen molar-refractivity contribution in [3.63, 3.8) is 0 Å². The van der Waals surface area contributed by atoms with E-state index in [-0.39, 0.29) is 0 Å². The van der Waals surface area contributed by atoms with E-state index in [0.717, 1.165) is 35.8 Å². The largest absolute Gasteiger partial charge is 0.467 e. The molecule has 0 bridgehead atoms. The van der Waals surface area contributed by atoms with Crippen molar-refractivity contribution in [2.45, 2.75) is 38.5 Å². The zero-order chi connectivity index (χ0) is 16.4. The van der Waals surface area contributed by atoms with Crippen molar-refractivity contribution < 1.29 is 9.47 Å². The van der Waals surface area contributed by atoms with Gasteiger partial charge in [0.1, 0.15) is 5.75 Å². The van der Waals surface area contributed by atoms with Crippen LogP contribution in [0.15, 0.2) is 42.5 Å². The standard InChI is InChI=1S/C20H22ClNO2/c21-18-10-16(20-17(11-18)13-23-14-24-20)12-22-8-4-7-19(22)9-15-5-2-1-3-6-15/h1-3,5-6,10-11,19H,4,7-9,12-14H2. The summed E-state index contributed by atoms with van der Waals surface area (Å²) in [5.74, 6) is 0.969. The summed E-state index contributed by atoms with van der Waals surface area (Å²) in [6.45, 7) is 2.93. The SMILES string of the molecule is Clc1cc2c(c(CN3CCCC3Cc3ccccc3)c1)OCOC2. The molecular formula is C20H22ClNO2. The Balaban J connectivity index is 1.53. The van der Waals surface area contributed by atoms with E-state index in [1.807, 2.05) is 12.1 Å². The van der Waals surface area contributed by atoms with E-state index in [9.17, 15) is 0 Å². The van der Waals surface area contributed by atoms with Gasteiger partial charge >= 0.3 is 0 Å². The summed E-state index contributed by atoms with van der Waals surface area (Å²) < 4.78 is 11.1. The van der Waals surface area contributed by atoms with Crippen LogP contribution in [0.25, 0.3) is 0 Å². The highest BCUT2D eigenvalue weighted by Crippen LogP contribution is 2.34. The molecule has 0 N–H and O–H groups in total. The molecule has 0 aromatic heterocycles. The number of likely N-dealkylation sites (tertiary alicyclic amines) is 1. The molecule has 24 heavy (non-hydrogen) atoms. The van der Waals surface area contributed by atoms with E-state index in [4.69, 9.17) is 21.1 Å². The maximum atomic E-state index is 6.30. The molecule has 2 aromatic rings. The molecule has 1 fully saturated rings. The molecule has 2 aliphatic heterocycles. The predicted octanol–water partition coefficient (Wildman–Crippen LogP) is 4.41. The van der Waals surface area contributed by atoms with Gasteiger partial charge in [0.25, 0.3) is 0 Å². The normalized spacial score (nSPS) is 20.6. The second-order valence-electron chi connectivity index (χ2n) is 6.62. The van der Waals surface area contributed by atoms with Gasteiger partial charge in [0.05, 0.1) is 6.61 Å². The van der Waals surface area contributed by atoms with Crippen LogP contribution in [0, 0.1) is 0 Å². The van der Waals surface area contributed by atoms with Crippen LogP contribution in [-0.4, -0.2) is 24.3 Å². The molecule has 0 aliphatic carbocycles. The monoisotopic (exact) mass is 343 g/mol. The molecule has 1 saturated heterocycles. The molecule has 2 aromatic carbocycles. The number of hydrogen-bond donors (Lipinski definition) is 0. The summed E-state index contributed by atoms with van der Waals surface area (Å²) in [4.78, 5) is 2.57. The number of rotatable bonds is 4. The van der Waals surface area contributed by atoms with Gasteiger partial charge in [0.15, 0.2) is 6.79 Å². The van der Waals surface area contributed by atoms with Gasteiger partial charge in [-0.2, -0.15) is 0 Å². The molecule has 2 aliphatic rings. The Morgan fingerprint density at radius 3 is 2.92 bits per heavy atom. The van der Waals surface area contributed by atoms with Crippen LogP contribution in [0.5, 0.6) is 5.75 Å². The van der Waals surface area contributed by atoms with E-state index in [1.165, 1.54) is 24.0 Å². The van der Waals surface area contributed by atoms with Crippen LogP contribution in [0.1, 0.15) is 29.5 Å². The highest BCUT2D eigenvalue weighted by atomic mass is 35.5. The zero-order valence-electron chi connectivity index (χ0n) is 13.7. The maximum Gasteiger partial charge on any atom is 0.189 e. The van der Waals surface area contributed by atoms with Crippen LogP contribution in [0.4, 0.5) is 0 Å². The third kappa shape index (κ3) is 3.44. The van der Waals surface area contributed by atoms with E-state index >= 15 is 0 Å². The molecule has 4 rings (SSSR count). The third-order valence-corrected chi connectivity index (χ3v) is 5.16. The molecule has 0 spiro atoms. The lowest BCUT2D eigenvalue weighted by atomic mass is 10.0. The molecule has 1 unspecified atom stereocenters. The first-order valence-corrected chi connectivity index (χ1v) is 8.97. The van der Waals surface area contributed by atoms with Gasteiger partial charge in [-0.3, -0.25) is 4.90 Å². The van der Waals surface area contributed by atoms with E-state index in [2.05, 4.69) is 35.2 Å². The average molecular weight is 344 g/mol. The van der Waals surface area contributed by atoms with Crippen molar-refractivity contribution in [1.29, 1.82) is 0 Å². The smallest absolute Gasteiger partial charge is 0.189 e. The van der Waals surface area contributed by atoms with E-state index in [0.29, 0.717) is 19.4 Å². The second-order valence-corrected chi connectivity index (χ2v) is 7.06. The first kappa shape index (κ1) is 15.9. The van der Waals surface area contributed by atoms with Crippen molar-refractivity contribution in [2.24, 2.45) is 0 Å². The Bertz CT molecular complexity index is 704. The lowest BCUT2D eigenvalue weighted by Gasteiger charge is -2.27. The summed E-state index contributed by atoms with van der Waals surface area (Å²) in [7, 11) is 0. The summed E-state index contributed by atoms with van der Waals surface area (Å²) in [5.41, 5.74) is 3.65. The number of nitrogens with zero attached hydrogens (tertiary/aromatic N) is 1. The number of fused-ring (bicyclic) bond motifs is 1. The molecule has 0 radical (unpaired) electrons. The van der Waals surface area contributed by atoms with Gasteiger partial charge in [-0.1, -0.05) is 41.9 Å². The lowest BCUT2D eigenvalue weighted by molar-refractivity contribution is -0.0175. The molecule has 3 nitrogen and oxygen atoms in total. The van der Waals surface area contributed by atoms with Crippen LogP contribution in [0.3, 0.4) is 0 Å². The van der Waals surface area contributed by atoms with Crippen molar-refractivity contribution in [1.82, 2.24) is 4.90 Å². The molecule has 4 heteroatoms. The molecule has 2 heterocycles. The van der Waals surface area contributed by atoms with Gasteiger partial charge in [-0.05, 0) is 43.5 Å². The van der Waals surface area contributed by atoms with Gasteiger partial charge in [-0.15, -0.1) is 0 Å². The fourth-order valence-corrected chi connectivity index (χ4v) is 4.08. The van der Waals surface area contributed by atoms with Gasteiger partial charge in [0, 0.05) is 28.7 Å². The lowest BCUT2D eigenvalue weighted by Crippen LogP contribution is -2.31. The van der Waals surface area contributed by atoms with Crippen molar-refractivity contribution in [3.05, 3.63) is 64.2 Å². The summed E-state index contributed by atoms with van der Waals surface area (Å²) in [6, 6.07) is 15.3. The second kappa shape index (κ2) is 7.14. The van der Waals surface area contributed by atoms with Crippen LogP contribution >= 0.6 is 11.6 Å². The van der Waals surface area contributed by atoms with Gasteiger partial charge in [0.2, 0.25) is 0 Å². The number of halogens is 1. The van der Waals surface area contributed by atoms with Gasteiger partial charge in [-0.25, -0.2) is 0 Å². The zero-order valence-corrected chi connectivity index (χ0v) is 14.5. The Morgan fingerprint density at radius 1 is 1.17 bits per heavy atom. The quantitative estimate of drug-likeness (QED) is 0.820. The minimum Gasteiger partial charge on any atom is -0.467 e. The average Bonchev–Trinajstić information content (AvgIpc) is 3.02. The van der Waals surface area contributed by atoms with Crippen molar-refractivity contribution >= 4 is 11.6 Å². The maximum absolute atomic E-state index is 6.30. The number of ether oxygens (including phenoxy) is 2. The number of benzene rings is 2. The Kier molecular flexibility index (Phi) is 4.74. The third-order valence-electron chi connectivity index (χ3n) is 4.94. The minimum absolute atomic E-state index is 0.328. The molecule has 0 saturated carbocycles. The summed E-state index contributed by atoms with van der Waals surface area (Å²) in [6.07, 6.45) is 3.61. The first-order chi connectivity index (χ1) is 11.8. The highest BCUT2D eigenvalue weighted by molar-refractivity contribution is 6.30. The molecular weight excluding hydrogens is 322 g/mol. The van der Waals surface area contributed by atoms with Crippen LogP contribution in [-0.2, 0) is 24.3 Å². The number of hydrogen-bond acceptors (Lipinski definition) is 3. The topological polar surface area (TPSA) is 21.7 Å². The summed E-state index contributed by atoms with van der Waals surface area (Å²) in [5, 5.41) is 0.761. The van der Waals surface area contributed by atoms with Gasteiger partial charge < -0.3 is 9.47 Å². The van der Waals surface area contributed by atoms with Crippen LogP contribution < -0.4 is 4.74 Å². The fraction of sp³-hybridized carbons (Fsp3) is 0.400. The van der Waals surface area contributed by atoms with Crippen molar-refractivity contribution in [3.8, 4) is 5.75 Å². The van der Waals surface area contributed by atoms with E-state index in [1.54, 1.807) is 0 Å². The molecule has 0 amide bonds. The summed E-state index contributed by atoms with van der Waals surface area (Å²) >= 11 is 6.30. The highest BCUT2D eigenvalue weighted by Gasteiger charge is 2.27.